The molecule has 1 heterocycles. The van der Waals surface area contributed by atoms with Gasteiger partial charge in [-0.2, -0.15) is 0 Å². The lowest BCUT2D eigenvalue weighted by Crippen LogP contribution is -2.54. The Labute approximate surface area is 208 Å². The van der Waals surface area contributed by atoms with E-state index >= 15 is 0 Å². The first-order chi connectivity index (χ1) is 17.6. The molecule has 1 fully saturated rings. The molecule has 5 heteroatoms. The van der Waals surface area contributed by atoms with Crippen LogP contribution >= 0.6 is 0 Å². The number of para-hydroxylation sites is 1. The van der Waals surface area contributed by atoms with Gasteiger partial charge in [0.15, 0.2) is 0 Å². The third-order valence-electron chi connectivity index (χ3n) is 7.95. The molecule has 0 radical (unpaired) electrons. The average molecular weight is 471 g/mol. The minimum Gasteiger partial charge on any atom is -0.508 e. The minimum atomic E-state index is -0.922. The van der Waals surface area contributed by atoms with Gasteiger partial charge in [0.25, 0.3) is 0 Å². The van der Waals surface area contributed by atoms with Crippen molar-refractivity contribution < 1.29 is 14.7 Å². The number of benzene rings is 4. The summed E-state index contributed by atoms with van der Waals surface area (Å²) in [6, 6.07) is 32.1. The molecular formula is C31H22N2O3. The van der Waals surface area contributed by atoms with Crippen LogP contribution in [0, 0.1) is 11.8 Å². The summed E-state index contributed by atoms with van der Waals surface area (Å²) < 4.78 is 0. The van der Waals surface area contributed by atoms with E-state index in [9.17, 15) is 14.7 Å². The molecule has 4 aromatic rings. The van der Waals surface area contributed by atoms with Crippen LogP contribution in [0.1, 0.15) is 28.2 Å². The molecule has 5 nitrogen and oxygen atoms in total. The van der Waals surface area contributed by atoms with Crippen molar-refractivity contribution in [3.05, 3.63) is 125 Å². The Morgan fingerprint density at radius 3 is 2.06 bits per heavy atom. The number of imide groups is 1. The van der Waals surface area contributed by atoms with Gasteiger partial charge < -0.3 is 5.11 Å². The van der Waals surface area contributed by atoms with Crippen molar-refractivity contribution in [2.24, 2.45) is 16.8 Å². The lowest BCUT2D eigenvalue weighted by Gasteiger charge is -2.52. The second-order valence-electron chi connectivity index (χ2n) is 9.65. The summed E-state index contributed by atoms with van der Waals surface area (Å²) in [5, 5.41) is 10.0. The molecule has 0 aromatic heterocycles. The fourth-order valence-corrected chi connectivity index (χ4v) is 6.63. The van der Waals surface area contributed by atoms with E-state index in [1.54, 1.807) is 18.2 Å². The van der Waals surface area contributed by atoms with E-state index in [1.807, 2.05) is 66.9 Å². The lowest BCUT2D eigenvalue weighted by molar-refractivity contribution is -0.122. The molecule has 174 valence electrons. The number of nitrogens with zero attached hydrogens (tertiary/aromatic N) is 2. The molecule has 4 aromatic carbocycles. The van der Waals surface area contributed by atoms with Gasteiger partial charge in [-0.15, -0.1) is 0 Å². The number of hydrogen-bond donors (Lipinski definition) is 1. The number of carbonyl (C=O) groups is 2. The molecule has 1 N–H and O–H groups in total. The molecule has 4 aliphatic rings. The van der Waals surface area contributed by atoms with Crippen LogP contribution in [0.4, 0.5) is 11.4 Å². The van der Waals surface area contributed by atoms with Crippen molar-refractivity contribution in [3.8, 4) is 5.75 Å². The number of aliphatic imine (C=N–C) groups is 1. The van der Waals surface area contributed by atoms with E-state index in [-0.39, 0.29) is 23.5 Å². The Balaban J connectivity index is 1.52. The quantitative estimate of drug-likeness (QED) is 0.324. The smallest absolute Gasteiger partial charge is 0.239 e. The van der Waals surface area contributed by atoms with Crippen LogP contribution in [-0.4, -0.2) is 23.1 Å². The van der Waals surface area contributed by atoms with Gasteiger partial charge in [-0.25, -0.2) is 4.90 Å². The molecule has 0 spiro atoms. The maximum absolute atomic E-state index is 14.2. The van der Waals surface area contributed by atoms with Gasteiger partial charge in [0.1, 0.15) is 5.75 Å². The molecule has 8 rings (SSSR count). The Kier molecular flexibility index (Phi) is 4.33. The summed E-state index contributed by atoms with van der Waals surface area (Å²) in [7, 11) is 0. The highest BCUT2D eigenvalue weighted by Gasteiger charge is 2.67. The maximum atomic E-state index is 14.2. The molecule has 0 saturated carbocycles. The van der Waals surface area contributed by atoms with Gasteiger partial charge in [-0.1, -0.05) is 72.8 Å². The average Bonchev–Trinajstić information content (AvgIpc) is 3.19. The number of phenolic OH excluding ortho intramolecular Hbond substituents is 1. The molecule has 0 unspecified atom stereocenters. The Morgan fingerprint density at radius 1 is 0.750 bits per heavy atom. The van der Waals surface area contributed by atoms with Crippen molar-refractivity contribution >= 4 is 29.4 Å². The topological polar surface area (TPSA) is 70.0 Å². The van der Waals surface area contributed by atoms with E-state index in [2.05, 4.69) is 24.3 Å². The largest absolute Gasteiger partial charge is 0.508 e. The van der Waals surface area contributed by atoms with Gasteiger partial charge in [0.2, 0.25) is 11.8 Å². The minimum absolute atomic E-state index is 0.121. The first kappa shape index (κ1) is 20.8. The zero-order chi connectivity index (χ0) is 24.4. The number of aromatic hydroxyl groups is 1. The van der Waals surface area contributed by atoms with Crippen molar-refractivity contribution in [2.45, 2.75) is 11.3 Å². The molecular weight excluding hydrogens is 448 g/mol. The first-order valence-electron chi connectivity index (χ1n) is 12.1. The summed E-state index contributed by atoms with van der Waals surface area (Å²) in [6.07, 6.45) is 1.84. The monoisotopic (exact) mass is 470 g/mol. The van der Waals surface area contributed by atoms with Gasteiger partial charge in [0, 0.05) is 18.2 Å². The van der Waals surface area contributed by atoms with Crippen LogP contribution in [0.5, 0.6) is 5.75 Å². The van der Waals surface area contributed by atoms with Crippen LogP contribution in [0.15, 0.2) is 108 Å². The molecule has 2 bridgehead atoms. The van der Waals surface area contributed by atoms with E-state index < -0.39 is 17.3 Å². The van der Waals surface area contributed by atoms with Crippen LogP contribution < -0.4 is 4.90 Å². The zero-order valence-electron chi connectivity index (χ0n) is 19.3. The predicted octanol–water partition coefficient (Wildman–Crippen LogP) is 5.35. The van der Waals surface area contributed by atoms with Crippen LogP contribution in [-0.2, 0) is 15.0 Å². The van der Waals surface area contributed by atoms with Crippen molar-refractivity contribution in [1.29, 1.82) is 0 Å². The Bertz CT molecular complexity index is 1530. The van der Waals surface area contributed by atoms with Crippen LogP contribution in [0.2, 0.25) is 0 Å². The summed E-state index contributed by atoms with van der Waals surface area (Å²) in [6.45, 7) is 0. The lowest BCUT2D eigenvalue weighted by atomic mass is 9.47. The second kappa shape index (κ2) is 7.49. The van der Waals surface area contributed by atoms with E-state index in [0.29, 0.717) is 11.4 Å². The van der Waals surface area contributed by atoms with Gasteiger partial charge in [-0.05, 0) is 46.5 Å². The number of phenols is 1. The standard InChI is InChI=1S/C31H22N2O3/c34-21-12-8-9-19(17-21)32-18-31-24-15-6-4-13-22(24)26(23-14-5-7-16-25(23)31)27-28(31)30(36)33(29(27)35)20-10-2-1-3-11-20/h1-18,26-28,34H/t26?,27-,28+,31?/m1/s1. The zero-order valence-corrected chi connectivity index (χ0v) is 19.3. The SMILES string of the molecule is O=C1[C@@H]2C3c4ccccc4C(C=Nc4cccc(O)c4)(c4ccccc43)[C@@H]2C(=O)N1c1ccccc1. The number of hydrogen-bond acceptors (Lipinski definition) is 4. The number of rotatable bonds is 3. The number of anilines is 1. The molecule has 3 aliphatic carbocycles. The Hall–Kier alpha value is -4.51. The van der Waals surface area contributed by atoms with Crippen LogP contribution in [0.25, 0.3) is 0 Å². The molecule has 2 atom stereocenters. The maximum Gasteiger partial charge on any atom is 0.239 e. The van der Waals surface area contributed by atoms with Gasteiger partial charge in [-0.3, -0.25) is 14.6 Å². The predicted molar refractivity (Wildman–Crippen MR) is 138 cm³/mol. The molecule has 1 saturated heterocycles. The Morgan fingerprint density at radius 2 is 1.39 bits per heavy atom. The van der Waals surface area contributed by atoms with Crippen molar-refractivity contribution in [2.75, 3.05) is 4.90 Å². The highest BCUT2D eigenvalue weighted by Crippen LogP contribution is 2.63. The van der Waals surface area contributed by atoms with Crippen LogP contribution in [0.3, 0.4) is 0 Å². The third kappa shape index (κ3) is 2.63. The normalized spacial score (nSPS) is 25.7. The summed E-state index contributed by atoms with van der Waals surface area (Å²) >= 11 is 0. The molecule has 36 heavy (non-hydrogen) atoms. The van der Waals surface area contributed by atoms with Gasteiger partial charge >= 0.3 is 0 Å². The number of carbonyl (C=O) groups excluding carboxylic acids is 2. The van der Waals surface area contributed by atoms with Crippen molar-refractivity contribution in [1.82, 2.24) is 0 Å². The fraction of sp³-hybridized carbons (Fsp3) is 0.129. The number of amides is 2. The highest BCUT2D eigenvalue weighted by molar-refractivity contribution is 6.25. The van der Waals surface area contributed by atoms with Crippen molar-refractivity contribution in [3.63, 3.8) is 0 Å². The summed E-state index contributed by atoms with van der Waals surface area (Å²) in [4.78, 5) is 34.5. The third-order valence-corrected chi connectivity index (χ3v) is 7.95. The fourth-order valence-electron chi connectivity index (χ4n) is 6.63. The summed E-state index contributed by atoms with van der Waals surface area (Å²) in [5.41, 5.74) is 4.40. The molecule has 2 amide bonds. The van der Waals surface area contributed by atoms with E-state index in [0.717, 1.165) is 22.3 Å². The summed E-state index contributed by atoms with van der Waals surface area (Å²) in [5.74, 6) is -1.61. The first-order valence-corrected chi connectivity index (χ1v) is 12.1. The second-order valence-corrected chi connectivity index (χ2v) is 9.65. The highest BCUT2D eigenvalue weighted by atomic mass is 16.3. The van der Waals surface area contributed by atoms with Gasteiger partial charge in [0.05, 0.1) is 28.6 Å². The molecule has 1 aliphatic heterocycles. The van der Waals surface area contributed by atoms with E-state index in [1.165, 1.54) is 4.90 Å². The van der Waals surface area contributed by atoms with E-state index in [4.69, 9.17) is 4.99 Å².